The molecule has 1 aromatic heterocycles. The summed E-state index contributed by atoms with van der Waals surface area (Å²) in [4.78, 5) is 16.5. The van der Waals surface area contributed by atoms with Gasteiger partial charge in [-0.25, -0.2) is 4.68 Å². The van der Waals surface area contributed by atoms with Crippen LogP contribution >= 0.6 is 12.2 Å². The predicted octanol–water partition coefficient (Wildman–Crippen LogP) is 3.63. The van der Waals surface area contributed by atoms with E-state index in [2.05, 4.69) is 4.90 Å². The van der Waals surface area contributed by atoms with Crippen molar-refractivity contribution in [2.24, 2.45) is 0 Å². The van der Waals surface area contributed by atoms with Crippen LogP contribution in [0.5, 0.6) is 0 Å². The molecule has 0 unspecified atom stereocenters. The van der Waals surface area contributed by atoms with Gasteiger partial charge in [-0.05, 0) is 55.8 Å². The number of hydrogen-bond acceptors (Lipinski definition) is 6. The van der Waals surface area contributed by atoms with Crippen molar-refractivity contribution in [2.45, 2.75) is 32.6 Å². The zero-order chi connectivity index (χ0) is 22.3. The molecule has 0 amide bonds. The fraction of sp³-hybridized carbons (Fsp3) is 0.375. The summed E-state index contributed by atoms with van der Waals surface area (Å²) in [5, 5.41) is 4.90. The maximum Gasteiger partial charge on any atom is 0.319 e. The minimum atomic E-state index is -0.285. The number of nitrogens with zero attached hydrogens (tertiary/aromatic N) is 5. The lowest BCUT2D eigenvalue weighted by atomic mass is 10.2. The highest BCUT2D eigenvalue weighted by molar-refractivity contribution is 7.71. The molecule has 7 nitrogen and oxygen atoms in total. The second-order valence-corrected chi connectivity index (χ2v) is 8.41. The van der Waals surface area contributed by atoms with Crippen molar-refractivity contribution < 1.29 is 9.53 Å². The van der Waals surface area contributed by atoms with Gasteiger partial charge >= 0.3 is 5.97 Å². The molecule has 4 rings (SSSR count). The summed E-state index contributed by atoms with van der Waals surface area (Å²) < 4.78 is 9.41. The van der Waals surface area contributed by atoms with E-state index in [1.54, 1.807) is 0 Å². The second kappa shape index (κ2) is 10.7. The Labute approximate surface area is 193 Å². The molecule has 8 heteroatoms. The number of carbonyl (C=O) groups is 1. The molecule has 0 radical (unpaired) electrons. The molecule has 1 aliphatic heterocycles. The monoisotopic (exact) mass is 451 g/mol. The maximum absolute atomic E-state index is 12.1. The third-order valence-corrected chi connectivity index (χ3v) is 6.04. The van der Waals surface area contributed by atoms with Crippen molar-refractivity contribution in [1.82, 2.24) is 24.1 Å². The van der Waals surface area contributed by atoms with Crippen LogP contribution in [0.2, 0.25) is 0 Å². The Kier molecular flexibility index (Phi) is 7.47. The molecule has 0 saturated carbocycles. The summed E-state index contributed by atoms with van der Waals surface area (Å²) in [5.74, 6) is 0.632. The maximum atomic E-state index is 12.1. The molecule has 32 heavy (non-hydrogen) atoms. The van der Waals surface area contributed by atoms with Crippen LogP contribution in [-0.2, 0) is 29.3 Å². The van der Waals surface area contributed by atoms with Gasteiger partial charge < -0.3 is 4.74 Å². The summed E-state index contributed by atoms with van der Waals surface area (Å²) in [6.07, 6.45) is 2.44. The third-order valence-electron chi connectivity index (χ3n) is 5.65. The van der Waals surface area contributed by atoms with Crippen LogP contribution in [0.3, 0.4) is 0 Å². The van der Waals surface area contributed by atoms with Crippen molar-refractivity contribution in [3.63, 3.8) is 0 Å². The van der Waals surface area contributed by atoms with E-state index in [1.165, 1.54) is 20.0 Å². The average Bonchev–Trinajstić information content (AvgIpc) is 3.43. The van der Waals surface area contributed by atoms with Gasteiger partial charge in [0, 0.05) is 12.2 Å². The lowest BCUT2D eigenvalue weighted by molar-refractivity contribution is -0.142. The fourth-order valence-corrected chi connectivity index (χ4v) is 4.37. The van der Waals surface area contributed by atoms with Crippen molar-refractivity contribution in [1.29, 1.82) is 0 Å². The first-order valence-electron chi connectivity index (χ1n) is 10.9. The fourth-order valence-electron chi connectivity index (χ4n) is 4.06. The molecular formula is C24H29N5O2S. The van der Waals surface area contributed by atoms with Crippen molar-refractivity contribution in [3.8, 4) is 5.69 Å². The largest absolute Gasteiger partial charge is 0.468 e. The van der Waals surface area contributed by atoms with E-state index in [4.69, 9.17) is 22.1 Å². The van der Waals surface area contributed by atoms with Crippen LogP contribution < -0.4 is 0 Å². The number of methoxy groups -OCH3 is 1. The second-order valence-electron chi connectivity index (χ2n) is 8.04. The van der Waals surface area contributed by atoms with Gasteiger partial charge in [0.25, 0.3) is 0 Å². The van der Waals surface area contributed by atoms with Crippen LogP contribution in [0.4, 0.5) is 0 Å². The van der Waals surface area contributed by atoms with E-state index >= 15 is 0 Å². The third kappa shape index (κ3) is 5.51. The zero-order valence-electron chi connectivity index (χ0n) is 18.4. The van der Waals surface area contributed by atoms with Crippen LogP contribution in [0.25, 0.3) is 5.69 Å². The van der Waals surface area contributed by atoms with E-state index in [0.717, 1.165) is 36.7 Å². The highest BCUT2D eigenvalue weighted by Crippen LogP contribution is 2.18. The number of rotatable bonds is 9. The number of aromatic nitrogens is 3. The molecule has 1 aliphatic rings. The highest BCUT2D eigenvalue weighted by atomic mass is 32.1. The van der Waals surface area contributed by atoms with Gasteiger partial charge in [-0.2, -0.15) is 5.10 Å². The van der Waals surface area contributed by atoms with Crippen LogP contribution in [0.1, 0.15) is 24.2 Å². The number of carbonyl (C=O) groups excluding carboxylic acids is 1. The van der Waals surface area contributed by atoms with Gasteiger partial charge in [0.2, 0.25) is 4.77 Å². The molecule has 3 aromatic rings. The average molecular weight is 452 g/mol. The number of esters is 1. The van der Waals surface area contributed by atoms with Crippen LogP contribution in [-0.4, -0.2) is 56.9 Å². The van der Waals surface area contributed by atoms with Gasteiger partial charge in [0.05, 0.1) is 26.9 Å². The topological polar surface area (TPSA) is 55.5 Å². The van der Waals surface area contributed by atoms with E-state index in [9.17, 15) is 4.79 Å². The number of ether oxygens (including phenoxy) is 1. The Morgan fingerprint density at radius 2 is 1.72 bits per heavy atom. The highest BCUT2D eigenvalue weighted by Gasteiger charge is 2.20. The number of likely N-dealkylation sites (tertiary alicyclic amines) is 1. The Morgan fingerprint density at radius 1 is 1.06 bits per heavy atom. The summed E-state index contributed by atoms with van der Waals surface area (Å²) in [6, 6.07) is 20.2. The first kappa shape index (κ1) is 22.4. The van der Waals surface area contributed by atoms with Crippen molar-refractivity contribution in [3.05, 3.63) is 76.8 Å². The lowest BCUT2D eigenvalue weighted by Gasteiger charge is -2.21. The Bertz CT molecular complexity index is 1070. The molecule has 168 valence electrons. The van der Waals surface area contributed by atoms with E-state index < -0.39 is 0 Å². The summed E-state index contributed by atoms with van der Waals surface area (Å²) in [5.41, 5.74) is 2.11. The van der Waals surface area contributed by atoms with Gasteiger partial charge in [0.15, 0.2) is 5.82 Å². The van der Waals surface area contributed by atoms with Crippen molar-refractivity contribution in [2.75, 3.05) is 26.7 Å². The zero-order valence-corrected chi connectivity index (χ0v) is 19.2. The van der Waals surface area contributed by atoms with E-state index in [-0.39, 0.29) is 12.5 Å². The summed E-state index contributed by atoms with van der Waals surface area (Å²) >= 11 is 5.86. The minimum Gasteiger partial charge on any atom is -0.468 e. The Balaban J connectivity index is 1.65. The smallest absolute Gasteiger partial charge is 0.319 e. The molecule has 2 heterocycles. The SMILES string of the molecule is COC(=O)CN(Cc1ccccc1)Cn1nc(CN2CCCC2)n(-c2ccccc2)c1=S. The minimum absolute atomic E-state index is 0.160. The van der Waals surface area contributed by atoms with Crippen molar-refractivity contribution >= 4 is 18.2 Å². The molecule has 0 bridgehead atoms. The standard InChI is InChI=1S/C24H29N5O2S/c1-31-23(30)18-27(16-20-10-4-2-5-11-20)19-28-24(32)29(21-12-6-3-7-13-21)22(25-28)17-26-14-8-9-15-26/h2-7,10-13H,8-9,14-19H2,1H3. The van der Waals surface area contributed by atoms with E-state index in [1.807, 2.05) is 74.8 Å². The summed E-state index contributed by atoms with van der Waals surface area (Å²) in [7, 11) is 1.41. The van der Waals surface area contributed by atoms with Gasteiger partial charge in [0.1, 0.15) is 0 Å². The lowest BCUT2D eigenvalue weighted by Crippen LogP contribution is -2.32. The van der Waals surface area contributed by atoms with Crippen LogP contribution in [0.15, 0.2) is 60.7 Å². The first-order valence-corrected chi connectivity index (χ1v) is 11.3. The van der Waals surface area contributed by atoms with Gasteiger partial charge in [-0.1, -0.05) is 48.5 Å². The number of benzene rings is 2. The molecule has 0 spiro atoms. The molecule has 1 saturated heterocycles. The Hall–Kier alpha value is -2.81. The van der Waals surface area contributed by atoms with Crippen LogP contribution in [0, 0.1) is 4.77 Å². The summed E-state index contributed by atoms with van der Waals surface area (Å²) in [6.45, 7) is 4.06. The molecule has 0 N–H and O–H groups in total. The number of para-hydroxylation sites is 1. The molecule has 0 aliphatic carbocycles. The van der Waals surface area contributed by atoms with E-state index in [0.29, 0.717) is 18.0 Å². The normalized spacial score (nSPS) is 14.2. The molecule has 1 fully saturated rings. The predicted molar refractivity (Wildman–Crippen MR) is 126 cm³/mol. The van der Waals surface area contributed by atoms with Gasteiger partial charge in [-0.3, -0.25) is 19.2 Å². The number of hydrogen-bond donors (Lipinski definition) is 0. The molecule has 2 aromatic carbocycles. The van der Waals surface area contributed by atoms with Gasteiger partial charge in [-0.15, -0.1) is 0 Å². The molecule has 0 atom stereocenters. The first-order chi connectivity index (χ1) is 15.6. The Morgan fingerprint density at radius 3 is 2.38 bits per heavy atom. The molecular weight excluding hydrogens is 422 g/mol. The quantitative estimate of drug-likeness (QED) is 0.366.